The molecule has 108 valence electrons. The minimum atomic E-state index is -0.387. The average Bonchev–Trinajstić information content (AvgIpc) is 3.18. The van der Waals surface area contributed by atoms with Crippen LogP contribution in [0.25, 0.3) is 16.0 Å². The summed E-state index contributed by atoms with van der Waals surface area (Å²) in [6.45, 7) is 0. The van der Waals surface area contributed by atoms with Gasteiger partial charge in [0, 0.05) is 22.7 Å². The quantitative estimate of drug-likeness (QED) is 0.532. The number of rotatable bonds is 3. The van der Waals surface area contributed by atoms with Crippen LogP contribution in [0.5, 0.6) is 11.5 Å². The summed E-state index contributed by atoms with van der Waals surface area (Å²) in [6, 6.07) is 14.2. The Morgan fingerprint density at radius 1 is 1.00 bits per heavy atom. The van der Waals surface area contributed by atoms with Gasteiger partial charge in [0.05, 0.1) is 6.20 Å². The van der Waals surface area contributed by atoms with Crippen molar-refractivity contribution in [2.24, 2.45) is 0 Å². The molecule has 4 rings (SSSR count). The summed E-state index contributed by atoms with van der Waals surface area (Å²) in [7, 11) is 0. The Labute approximate surface area is 130 Å². The van der Waals surface area contributed by atoms with E-state index in [1.807, 2.05) is 29.8 Å². The zero-order valence-corrected chi connectivity index (χ0v) is 12.3. The van der Waals surface area contributed by atoms with Gasteiger partial charge in [0.25, 0.3) is 0 Å². The SMILES string of the molecule is Fc1ccccc1Oc1ccnn2ccc(-c3cccs3)c12. The van der Waals surface area contributed by atoms with Crippen LogP contribution in [0.3, 0.4) is 0 Å². The summed E-state index contributed by atoms with van der Waals surface area (Å²) < 4.78 is 21.4. The summed E-state index contributed by atoms with van der Waals surface area (Å²) in [6.07, 6.45) is 3.51. The predicted molar refractivity (Wildman–Crippen MR) is 85.0 cm³/mol. The van der Waals surface area contributed by atoms with E-state index in [0.717, 1.165) is 16.0 Å². The number of thiophene rings is 1. The fourth-order valence-electron chi connectivity index (χ4n) is 2.37. The van der Waals surface area contributed by atoms with Gasteiger partial charge in [-0.3, -0.25) is 0 Å². The van der Waals surface area contributed by atoms with Crippen LogP contribution < -0.4 is 4.74 Å². The van der Waals surface area contributed by atoms with E-state index in [0.29, 0.717) is 5.75 Å². The lowest BCUT2D eigenvalue weighted by Gasteiger charge is -2.09. The van der Waals surface area contributed by atoms with Gasteiger partial charge in [-0.2, -0.15) is 5.10 Å². The molecule has 0 saturated carbocycles. The molecule has 0 atom stereocenters. The van der Waals surface area contributed by atoms with Crippen molar-refractivity contribution in [3.63, 3.8) is 0 Å². The Bertz CT molecular complexity index is 931. The first-order valence-electron chi connectivity index (χ1n) is 6.75. The Kier molecular flexibility index (Phi) is 3.12. The lowest BCUT2D eigenvalue weighted by Crippen LogP contribution is -1.94. The number of benzene rings is 1. The number of aromatic nitrogens is 2. The van der Waals surface area contributed by atoms with Gasteiger partial charge in [0.1, 0.15) is 5.52 Å². The highest BCUT2D eigenvalue weighted by Gasteiger charge is 2.14. The molecule has 0 aliphatic heterocycles. The molecule has 5 heteroatoms. The van der Waals surface area contributed by atoms with Gasteiger partial charge in [-0.05, 0) is 29.6 Å². The molecule has 0 spiro atoms. The van der Waals surface area contributed by atoms with Gasteiger partial charge in [-0.1, -0.05) is 18.2 Å². The Morgan fingerprint density at radius 2 is 1.91 bits per heavy atom. The van der Waals surface area contributed by atoms with Crippen molar-refractivity contribution in [2.45, 2.75) is 0 Å². The zero-order chi connectivity index (χ0) is 14.9. The normalized spacial score (nSPS) is 11.0. The van der Waals surface area contributed by atoms with Gasteiger partial charge in [0.15, 0.2) is 17.3 Å². The molecular formula is C17H11FN2OS. The van der Waals surface area contributed by atoms with E-state index in [2.05, 4.69) is 5.10 Å². The van der Waals surface area contributed by atoms with E-state index in [4.69, 9.17) is 4.74 Å². The maximum Gasteiger partial charge on any atom is 0.165 e. The fraction of sp³-hybridized carbons (Fsp3) is 0. The lowest BCUT2D eigenvalue weighted by molar-refractivity contribution is 0.444. The molecule has 3 aromatic heterocycles. The molecule has 0 N–H and O–H groups in total. The summed E-state index contributed by atoms with van der Waals surface area (Å²) in [5.41, 5.74) is 1.85. The van der Waals surface area contributed by atoms with Gasteiger partial charge >= 0.3 is 0 Å². The highest BCUT2D eigenvalue weighted by atomic mass is 32.1. The second kappa shape index (κ2) is 5.27. The average molecular weight is 310 g/mol. The van der Waals surface area contributed by atoms with Crippen LogP contribution in [0.1, 0.15) is 0 Å². The van der Waals surface area contributed by atoms with Crippen LogP contribution in [0, 0.1) is 5.82 Å². The third kappa shape index (κ3) is 2.16. The Balaban J connectivity index is 1.88. The molecular weight excluding hydrogens is 299 g/mol. The smallest absolute Gasteiger partial charge is 0.165 e. The van der Waals surface area contributed by atoms with E-state index in [1.165, 1.54) is 6.07 Å². The van der Waals surface area contributed by atoms with E-state index < -0.39 is 0 Å². The second-order valence-electron chi connectivity index (χ2n) is 4.73. The maximum atomic E-state index is 13.8. The molecule has 0 saturated heterocycles. The molecule has 3 nitrogen and oxygen atoms in total. The fourth-order valence-corrected chi connectivity index (χ4v) is 3.13. The summed E-state index contributed by atoms with van der Waals surface area (Å²) in [5.74, 6) is 0.393. The van der Waals surface area contributed by atoms with E-state index in [-0.39, 0.29) is 11.6 Å². The van der Waals surface area contributed by atoms with E-state index in [1.54, 1.807) is 46.3 Å². The number of hydrogen-bond donors (Lipinski definition) is 0. The van der Waals surface area contributed by atoms with Crippen LogP contribution in [0.4, 0.5) is 4.39 Å². The van der Waals surface area contributed by atoms with Gasteiger partial charge < -0.3 is 4.74 Å². The van der Waals surface area contributed by atoms with Gasteiger partial charge in [-0.15, -0.1) is 11.3 Å². The molecule has 0 radical (unpaired) electrons. The van der Waals surface area contributed by atoms with Gasteiger partial charge in [0.2, 0.25) is 0 Å². The number of ether oxygens (including phenoxy) is 1. The molecule has 0 amide bonds. The van der Waals surface area contributed by atoms with Crippen molar-refractivity contribution in [3.8, 4) is 21.9 Å². The monoisotopic (exact) mass is 310 g/mol. The first-order valence-corrected chi connectivity index (χ1v) is 7.63. The highest BCUT2D eigenvalue weighted by molar-refractivity contribution is 7.13. The molecule has 0 bridgehead atoms. The molecule has 0 fully saturated rings. The largest absolute Gasteiger partial charge is 0.452 e. The second-order valence-corrected chi connectivity index (χ2v) is 5.68. The summed E-state index contributed by atoms with van der Waals surface area (Å²) in [4.78, 5) is 1.12. The topological polar surface area (TPSA) is 26.5 Å². The Morgan fingerprint density at radius 3 is 2.73 bits per heavy atom. The first-order chi connectivity index (χ1) is 10.8. The summed E-state index contributed by atoms with van der Waals surface area (Å²) in [5, 5.41) is 6.30. The van der Waals surface area contributed by atoms with Crippen molar-refractivity contribution >= 4 is 16.9 Å². The van der Waals surface area contributed by atoms with Crippen LogP contribution in [0.2, 0.25) is 0 Å². The van der Waals surface area contributed by atoms with Crippen molar-refractivity contribution in [1.82, 2.24) is 9.61 Å². The molecule has 4 aromatic rings. The van der Waals surface area contributed by atoms with Crippen LogP contribution in [-0.2, 0) is 0 Å². The van der Waals surface area contributed by atoms with Crippen LogP contribution in [-0.4, -0.2) is 9.61 Å². The zero-order valence-electron chi connectivity index (χ0n) is 11.4. The predicted octanol–water partition coefficient (Wildman–Crippen LogP) is 4.99. The van der Waals surface area contributed by atoms with Crippen molar-refractivity contribution < 1.29 is 9.13 Å². The van der Waals surface area contributed by atoms with Crippen molar-refractivity contribution in [2.75, 3.05) is 0 Å². The number of hydrogen-bond acceptors (Lipinski definition) is 3. The van der Waals surface area contributed by atoms with Crippen LogP contribution >= 0.6 is 11.3 Å². The number of nitrogens with zero attached hydrogens (tertiary/aromatic N) is 2. The minimum absolute atomic E-state index is 0.203. The van der Waals surface area contributed by atoms with Crippen molar-refractivity contribution in [1.29, 1.82) is 0 Å². The number of fused-ring (bicyclic) bond motifs is 1. The van der Waals surface area contributed by atoms with Gasteiger partial charge in [-0.25, -0.2) is 8.91 Å². The van der Waals surface area contributed by atoms with E-state index in [9.17, 15) is 4.39 Å². The maximum absolute atomic E-state index is 13.8. The number of halogens is 1. The number of para-hydroxylation sites is 1. The third-order valence-corrected chi connectivity index (χ3v) is 4.26. The molecule has 22 heavy (non-hydrogen) atoms. The lowest BCUT2D eigenvalue weighted by atomic mass is 10.2. The third-order valence-electron chi connectivity index (χ3n) is 3.36. The molecule has 0 aliphatic rings. The Hall–Kier alpha value is -2.66. The standard InChI is InChI=1S/C17H11FN2OS/c18-13-4-1-2-5-14(13)21-15-7-9-19-20-10-8-12(17(15)20)16-6-3-11-22-16/h1-11H. The summed E-state index contributed by atoms with van der Waals surface area (Å²) >= 11 is 1.64. The van der Waals surface area contributed by atoms with Crippen LogP contribution in [0.15, 0.2) is 66.3 Å². The molecule has 3 heterocycles. The molecule has 1 aromatic carbocycles. The van der Waals surface area contributed by atoms with Crippen molar-refractivity contribution in [3.05, 3.63) is 72.1 Å². The highest BCUT2D eigenvalue weighted by Crippen LogP contribution is 2.36. The minimum Gasteiger partial charge on any atom is -0.452 e. The first kappa shape index (κ1) is 13.0. The van der Waals surface area contributed by atoms with E-state index >= 15 is 0 Å². The molecule has 0 aliphatic carbocycles. The molecule has 0 unspecified atom stereocenters.